The molecule has 0 radical (unpaired) electrons. The normalized spacial score (nSPS) is 10.3. The van der Waals surface area contributed by atoms with Crippen LogP contribution in [0.1, 0.15) is 23.1 Å². The minimum Gasteiger partial charge on any atom is -0.352 e. The SMILES string of the molecule is CCc1ccc(NC(=O)Nc2nnc(CC(=O)NCc3ccccc3)s2)cc1. The zero-order valence-corrected chi connectivity index (χ0v) is 16.3. The Balaban J connectivity index is 1.46. The fourth-order valence-electron chi connectivity index (χ4n) is 2.46. The lowest BCUT2D eigenvalue weighted by atomic mass is 10.1. The average Bonchev–Trinajstić information content (AvgIpc) is 3.14. The van der Waals surface area contributed by atoms with E-state index in [2.05, 4.69) is 33.1 Å². The van der Waals surface area contributed by atoms with Crippen LogP contribution in [0.2, 0.25) is 0 Å². The third-order valence-electron chi connectivity index (χ3n) is 3.95. The van der Waals surface area contributed by atoms with Crippen molar-refractivity contribution in [1.29, 1.82) is 0 Å². The molecule has 28 heavy (non-hydrogen) atoms. The number of nitrogens with one attached hydrogen (secondary N) is 3. The monoisotopic (exact) mass is 395 g/mol. The number of carbonyl (C=O) groups excluding carboxylic acids is 2. The first kappa shape index (κ1) is 19.5. The highest BCUT2D eigenvalue weighted by atomic mass is 32.1. The first-order valence-corrected chi connectivity index (χ1v) is 9.74. The van der Waals surface area contributed by atoms with Crippen LogP contribution in [0.4, 0.5) is 15.6 Å². The van der Waals surface area contributed by atoms with E-state index in [4.69, 9.17) is 0 Å². The maximum atomic E-state index is 12.1. The van der Waals surface area contributed by atoms with Crippen LogP contribution in [0.3, 0.4) is 0 Å². The van der Waals surface area contributed by atoms with Crippen molar-refractivity contribution in [2.75, 3.05) is 10.6 Å². The molecule has 144 valence electrons. The molecule has 3 N–H and O–H groups in total. The molecule has 3 aromatic rings. The lowest BCUT2D eigenvalue weighted by Crippen LogP contribution is -2.24. The van der Waals surface area contributed by atoms with Gasteiger partial charge in [0.2, 0.25) is 11.0 Å². The number of hydrogen-bond acceptors (Lipinski definition) is 5. The predicted molar refractivity (Wildman–Crippen MR) is 110 cm³/mol. The number of aromatic nitrogens is 2. The van der Waals surface area contributed by atoms with E-state index in [0.29, 0.717) is 22.4 Å². The molecule has 3 amide bonds. The van der Waals surface area contributed by atoms with Gasteiger partial charge in [0, 0.05) is 12.2 Å². The van der Waals surface area contributed by atoms with Crippen molar-refractivity contribution >= 4 is 34.1 Å². The summed E-state index contributed by atoms with van der Waals surface area (Å²) in [6.45, 7) is 2.53. The summed E-state index contributed by atoms with van der Waals surface area (Å²) in [5, 5.41) is 17.0. The lowest BCUT2D eigenvalue weighted by Gasteiger charge is -2.05. The second-order valence-corrected chi connectivity index (χ2v) is 7.13. The molecule has 0 aliphatic carbocycles. The van der Waals surface area contributed by atoms with E-state index in [9.17, 15) is 9.59 Å². The number of amides is 3. The van der Waals surface area contributed by atoms with Gasteiger partial charge in [0.25, 0.3) is 0 Å². The van der Waals surface area contributed by atoms with Crippen LogP contribution in [0, 0.1) is 0 Å². The quantitative estimate of drug-likeness (QED) is 0.569. The second-order valence-electron chi connectivity index (χ2n) is 6.07. The Hall–Kier alpha value is -3.26. The number of carbonyl (C=O) groups is 2. The summed E-state index contributed by atoms with van der Waals surface area (Å²) in [4.78, 5) is 24.1. The minimum atomic E-state index is -0.402. The summed E-state index contributed by atoms with van der Waals surface area (Å²) in [5.74, 6) is -0.146. The Kier molecular flexibility index (Phi) is 6.69. The molecule has 0 atom stereocenters. The molecule has 7 nitrogen and oxygen atoms in total. The van der Waals surface area contributed by atoms with Crippen LogP contribution in [0.15, 0.2) is 54.6 Å². The third-order valence-corrected chi connectivity index (χ3v) is 4.79. The fourth-order valence-corrected chi connectivity index (χ4v) is 3.19. The molecule has 2 aromatic carbocycles. The van der Waals surface area contributed by atoms with E-state index in [-0.39, 0.29) is 12.3 Å². The van der Waals surface area contributed by atoms with Crippen LogP contribution >= 0.6 is 11.3 Å². The van der Waals surface area contributed by atoms with Gasteiger partial charge in [0.15, 0.2) is 0 Å². The molecule has 8 heteroatoms. The number of aryl methyl sites for hydroxylation is 1. The Morgan fingerprint density at radius 2 is 1.68 bits per heavy atom. The van der Waals surface area contributed by atoms with Gasteiger partial charge in [-0.1, -0.05) is 60.7 Å². The molecule has 1 aromatic heterocycles. The van der Waals surface area contributed by atoms with Crippen molar-refractivity contribution < 1.29 is 9.59 Å². The largest absolute Gasteiger partial charge is 0.352 e. The van der Waals surface area contributed by atoms with Crippen molar-refractivity contribution in [3.63, 3.8) is 0 Å². The first-order chi connectivity index (χ1) is 13.6. The maximum absolute atomic E-state index is 12.1. The first-order valence-electron chi connectivity index (χ1n) is 8.92. The van der Waals surface area contributed by atoms with Crippen molar-refractivity contribution in [2.45, 2.75) is 26.3 Å². The van der Waals surface area contributed by atoms with Gasteiger partial charge >= 0.3 is 6.03 Å². The van der Waals surface area contributed by atoms with Crippen molar-refractivity contribution in [1.82, 2.24) is 15.5 Å². The number of urea groups is 1. The molecule has 0 bridgehead atoms. The minimum absolute atomic E-state index is 0.117. The van der Waals surface area contributed by atoms with Crippen molar-refractivity contribution in [3.05, 3.63) is 70.7 Å². The molecule has 0 aliphatic rings. The summed E-state index contributed by atoms with van der Waals surface area (Å²) in [5.41, 5.74) is 2.92. The summed E-state index contributed by atoms with van der Waals surface area (Å²) < 4.78 is 0. The fraction of sp³-hybridized carbons (Fsp3) is 0.200. The van der Waals surface area contributed by atoms with Crippen molar-refractivity contribution in [2.24, 2.45) is 0 Å². The summed E-state index contributed by atoms with van der Waals surface area (Å²) >= 11 is 1.17. The molecule has 3 rings (SSSR count). The highest BCUT2D eigenvalue weighted by Crippen LogP contribution is 2.17. The van der Waals surface area contributed by atoms with Gasteiger partial charge in [-0.05, 0) is 29.7 Å². The van der Waals surface area contributed by atoms with E-state index >= 15 is 0 Å². The number of benzene rings is 2. The Morgan fingerprint density at radius 3 is 2.39 bits per heavy atom. The zero-order valence-electron chi connectivity index (χ0n) is 15.4. The van der Waals surface area contributed by atoms with Gasteiger partial charge in [-0.25, -0.2) is 4.79 Å². The number of anilines is 2. The molecule has 0 saturated carbocycles. The number of rotatable bonds is 7. The summed E-state index contributed by atoms with van der Waals surface area (Å²) in [6.07, 6.45) is 1.06. The van der Waals surface area contributed by atoms with Crippen LogP contribution in [-0.4, -0.2) is 22.1 Å². The molecular formula is C20H21N5O2S. The van der Waals surface area contributed by atoms with Gasteiger partial charge in [-0.2, -0.15) is 0 Å². The summed E-state index contributed by atoms with van der Waals surface area (Å²) in [7, 11) is 0. The van der Waals surface area contributed by atoms with Gasteiger partial charge in [-0.3, -0.25) is 10.1 Å². The predicted octanol–water partition coefficient (Wildman–Crippen LogP) is 3.60. The molecular weight excluding hydrogens is 374 g/mol. The van der Waals surface area contributed by atoms with Crippen LogP contribution in [0.5, 0.6) is 0 Å². The Labute approximate surface area is 167 Å². The van der Waals surface area contributed by atoms with E-state index in [1.807, 2.05) is 54.6 Å². The standard InChI is InChI=1S/C20H21N5O2S/c1-2-14-8-10-16(11-9-14)22-19(27)23-20-25-24-18(28-20)12-17(26)21-13-15-6-4-3-5-7-15/h3-11H,2,12-13H2,1H3,(H,21,26)(H2,22,23,25,27). The Morgan fingerprint density at radius 1 is 0.929 bits per heavy atom. The van der Waals surface area contributed by atoms with Gasteiger partial charge in [-0.15, -0.1) is 10.2 Å². The topological polar surface area (TPSA) is 96.0 Å². The van der Waals surface area contributed by atoms with Crippen LogP contribution in [-0.2, 0) is 24.2 Å². The third kappa shape index (κ3) is 5.88. The summed E-state index contributed by atoms with van der Waals surface area (Å²) in [6, 6.07) is 16.9. The molecule has 0 aliphatic heterocycles. The van der Waals surface area contributed by atoms with Gasteiger partial charge in [0.05, 0.1) is 6.42 Å². The van der Waals surface area contributed by atoms with Gasteiger partial charge in [0.1, 0.15) is 5.01 Å². The average molecular weight is 395 g/mol. The van der Waals surface area contributed by atoms with E-state index in [1.165, 1.54) is 16.9 Å². The highest BCUT2D eigenvalue weighted by molar-refractivity contribution is 7.15. The van der Waals surface area contributed by atoms with Crippen LogP contribution < -0.4 is 16.0 Å². The van der Waals surface area contributed by atoms with Gasteiger partial charge < -0.3 is 10.6 Å². The molecule has 0 spiro atoms. The van der Waals surface area contributed by atoms with E-state index < -0.39 is 6.03 Å². The Bertz CT molecular complexity index is 925. The lowest BCUT2D eigenvalue weighted by molar-refractivity contribution is -0.120. The van der Waals surface area contributed by atoms with E-state index in [1.54, 1.807) is 0 Å². The number of hydrogen-bond donors (Lipinski definition) is 3. The molecule has 0 unspecified atom stereocenters. The zero-order chi connectivity index (χ0) is 19.8. The molecule has 0 fully saturated rings. The van der Waals surface area contributed by atoms with Crippen molar-refractivity contribution in [3.8, 4) is 0 Å². The second kappa shape index (κ2) is 9.61. The van der Waals surface area contributed by atoms with E-state index in [0.717, 1.165) is 12.0 Å². The smallest absolute Gasteiger partial charge is 0.325 e. The van der Waals surface area contributed by atoms with Crippen LogP contribution in [0.25, 0.3) is 0 Å². The molecule has 0 saturated heterocycles. The highest BCUT2D eigenvalue weighted by Gasteiger charge is 2.11. The molecule has 1 heterocycles. The maximum Gasteiger partial charge on any atom is 0.325 e. The number of nitrogens with zero attached hydrogens (tertiary/aromatic N) is 2.